The monoisotopic (exact) mass is 249 g/mol. The van der Waals surface area contributed by atoms with Gasteiger partial charge in [0.1, 0.15) is 6.33 Å². The number of thiol groups is 1. The molecule has 0 unspecified atom stereocenters. The molecule has 0 amide bonds. The normalized spacial score (nSPS) is 10.4. The molecule has 0 aliphatic rings. The Morgan fingerprint density at radius 2 is 2.00 bits per heavy atom. The summed E-state index contributed by atoms with van der Waals surface area (Å²) in [6.45, 7) is 0.638. The molecule has 17 heavy (non-hydrogen) atoms. The minimum absolute atomic E-state index is 0.424. The molecule has 4 nitrogen and oxygen atoms in total. The van der Waals surface area contributed by atoms with Crippen molar-refractivity contribution in [3.8, 4) is 11.7 Å². The van der Waals surface area contributed by atoms with Crippen molar-refractivity contribution in [1.82, 2.24) is 14.8 Å². The van der Waals surface area contributed by atoms with E-state index in [-0.39, 0.29) is 0 Å². The zero-order valence-corrected chi connectivity index (χ0v) is 10.4. The first kappa shape index (κ1) is 12.0. The lowest BCUT2D eigenvalue weighted by Gasteiger charge is -2.00. The van der Waals surface area contributed by atoms with E-state index in [2.05, 4.69) is 22.7 Å². The molecular weight excluding hydrogens is 234 g/mol. The summed E-state index contributed by atoms with van der Waals surface area (Å²) in [4.78, 5) is 4.10. The van der Waals surface area contributed by atoms with E-state index in [1.54, 1.807) is 11.0 Å². The van der Waals surface area contributed by atoms with Gasteiger partial charge in [0.15, 0.2) is 0 Å². The zero-order valence-electron chi connectivity index (χ0n) is 9.49. The fourth-order valence-corrected chi connectivity index (χ4v) is 1.62. The number of hydrogen-bond donors (Lipinski definition) is 1. The van der Waals surface area contributed by atoms with Crippen molar-refractivity contribution in [2.24, 2.45) is 0 Å². The van der Waals surface area contributed by atoms with Gasteiger partial charge in [-0.1, -0.05) is 18.2 Å². The molecule has 2 rings (SSSR count). The summed E-state index contributed by atoms with van der Waals surface area (Å²) in [5.41, 5.74) is 0.977. The van der Waals surface area contributed by atoms with Gasteiger partial charge in [-0.2, -0.15) is 17.6 Å². The molecular formula is C12H15N3OS. The molecule has 0 saturated heterocycles. The standard InChI is InChI=1S/C12H15N3OS/c17-9-5-4-8-16-12-13-10-15(14-12)11-6-2-1-3-7-11/h1-3,6-7,10,17H,4-5,8-9H2. The van der Waals surface area contributed by atoms with Crippen LogP contribution < -0.4 is 4.74 Å². The van der Waals surface area contributed by atoms with Gasteiger partial charge in [0.25, 0.3) is 0 Å². The lowest BCUT2D eigenvalue weighted by molar-refractivity contribution is 0.286. The maximum absolute atomic E-state index is 5.43. The Labute approximate surface area is 106 Å². The van der Waals surface area contributed by atoms with Gasteiger partial charge in [-0.25, -0.2) is 4.68 Å². The largest absolute Gasteiger partial charge is 0.462 e. The summed E-state index contributed by atoms with van der Waals surface area (Å²) in [5.74, 6) is 0.884. The van der Waals surface area contributed by atoms with Gasteiger partial charge in [0.05, 0.1) is 12.3 Å². The first-order valence-corrected chi connectivity index (χ1v) is 6.24. The minimum atomic E-state index is 0.424. The smallest absolute Gasteiger partial charge is 0.335 e. The highest BCUT2D eigenvalue weighted by atomic mass is 32.1. The number of unbranched alkanes of at least 4 members (excludes halogenated alkanes) is 1. The highest BCUT2D eigenvalue weighted by Gasteiger charge is 2.02. The van der Waals surface area contributed by atoms with Crippen molar-refractivity contribution in [3.05, 3.63) is 36.7 Å². The van der Waals surface area contributed by atoms with Gasteiger partial charge in [-0.3, -0.25) is 0 Å². The van der Waals surface area contributed by atoms with Gasteiger partial charge in [-0.05, 0) is 30.7 Å². The lowest BCUT2D eigenvalue weighted by atomic mass is 10.3. The Morgan fingerprint density at radius 1 is 1.18 bits per heavy atom. The van der Waals surface area contributed by atoms with E-state index in [9.17, 15) is 0 Å². The van der Waals surface area contributed by atoms with Gasteiger partial charge in [-0.15, -0.1) is 5.10 Å². The summed E-state index contributed by atoms with van der Waals surface area (Å²) >= 11 is 4.14. The van der Waals surface area contributed by atoms with E-state index in [4.69, 9.17) is 4.74 Å². The van der Waals surface area contributed by atoms with E-state index < -0.39 is 0 Å². The van der Waals surface area contributed by atoms with Crippen LogP contribution in [0.5, 0.6) is 6.01 Å². The first-order chi connectivity index (χ1) is 8.40. The Balaban J connectivity index is 1.92. The van der Waals surface area contributed by atoms with Crippen LogP contribution in [-0.4, -0.2) is 27.1 Å². The Hall–Kier alpha value is -1.49. The maximum atomic E-state index is 5.43. The summed E-state index contributed by atoms with van der Waals surface area (Å²) < 4.78 is 7.14. The second-order valence-corrected chi connectivity index (χ2v) is 4.03. The fourth-order valence-electron chi connectivity index (χ4n) is 1.40. The average molecular weight is 249 g/mol. The zero-order chi connectivity index (χ0) is 11.9. The molecule has 0 aliphatic heterocycles. The van der Waals surface area contributed by atoms with Gasteiger partial charge >= 0.3 is 6.01 Å². The Morgan fingerprint density at radius 3 is 2.76 bits per heavy atom. The topological polar surface area (TPSA) is 39.9 Å². The lowest BCUT2D eigenvalue weighted by Crippen LogP contribution is -2.00. The second-order valence-electron chi connectivity index (χ2n) is 3.59. The molecule has 90 valence electrons. The molecule has 1 aromatic carbocycles. The van der Waals surface area contributed by atoms with Crippen LogP contribution in [0.4, 0.5) is 0 Å². The molecule has 1 heterocycles. The molecule has 0 radical (unpaired) electrons. The average Bonchev–Trinajstić information content (AvgIpc) is 2.85. The number of aromatic nitrogens is 3. The predicted molar refractivity (Wildman–Crippen MR) is 69.9 cm³/mol. The van der Waals surface area contributed by atoms with Crippen molar-refractivity contribution in [2.75, 3.05) is 12.4 Å². The second kappa shape index (κ2) is 6.30. The SMILES string of the molecule is SCCCCOc1ncn(-c2ccccc2)n1. The highest BCUT2D eigenvalue weighted by molar-refractivity contribution is 7.80. The summed E-state index contributed by atoms with van der Waals surface area (Å²) in [7, 11) is 0. The van der Waals surface area contributed by atoms with Crippen LogP contribution in [0.15, 0.2) is 36.7 Å². The van der Waals surface area contributed by atoms with Crippen LogP contribution in [0.25, 0.3) is 5.69 Å². The van der Waals surface area contributed by atoms with Crippen molar-refractivity contribution < 1.29 is 4.74 Å². The van der Waals surface area contributed by atoms with E-state index >= 15 is 0 Å². The Bertz CT molecular complexity index is 444. The van der Waals surface area contributed by atoms with Gasteiger partial charge in [0, 0.05) is 0 Å². The first-order valence-electron chi connectivity index (χ1n) is 5.61. The van der Waals surface area contributed by atoms with Gasteiger partial charge in [0.2, 0.25) is 0 Å². The summed E-state index contributed by atoms with van der Waals surface area (Å²) in [6, 6.07) is 10.3. The van der Waals surface area contributed by atoms with Crippen molar-refractivity contribution in [2.45, 2.75) is 12.8 Å². The van der Waals surface area contributed by atoms with Crippen molar-refractivity contribution >= 4 is 12.6 Å². The van der Waals surface area contributed by atoms with Crippen molar-refractivity contribution in [3.63, 3.8) is 0 Å². The maximum Gasteiger partial charge on any atom is 0.335 e. The van der Waals surface area contributed by atoms with Crippen LogP contribution in [0, 0.1) is 0 Å². The number of nitrogens with zero attached hydrogens (tertiary/aromatic N) is 3. The fraction of sp³-hybridized carbons (Fsp3) is 0.333. The molecule has 0 N–H and O–H groups in total. The number of benzene rings is 1. The predicted octanol–water partition coefficient (Wildman–Crippen LogP) is 2.36. The van der Waals surface area contributed by atoms with Crippen LogP contribution in [0.1, 0.15) is 12.8 Å². The third kappa shape index (κ3) is 3.49. The molecule has 5 heteroatoms. The van der Waals surface area contributed by atoms with Crippen LogP contribution in [-0.2, 0) is 0 Å². The molecule has 0 fully saturated rings. The number of para-hydroxylation sites is 1. The minimum Gasteiger partial charge on any atom is -0.462 e. The summed E-state index contributed by atoms with van der Waals surface area (Å²) in [6.07, 6.45) is 3.68. The van der Waals surface area contributed by atoms with Crippen LogP contribution in [0.2, 0.25) is 0 Å². The van der Waals surface area contributed by atoms with E-state index in [0.29, 0.717) is 12.6 Å². The number of hydrogen-bond acceptors (Lipinski definition) is 4. The van der Waals surface area contributed by atoms with E-state index in [0.717, 1.165) is 24.3 Å². The van der Waals surface area contributed by atoms with Crippen LogP contribution >= 0.6 is 12.6 Å². The van der Waals surface area contributed by atoms with E-state index in [1.165, 1.54) is 0 Å². The number of ether oxygens (including phenoxy) is 1. The molecule has 0 bridgehead atoms. The molecule has 2 aromatic rings. The molecule has 0 aliphatic carbocycles. The van der Waals surface area contributed by atoms with Gasteiger partial charge < -0.3 is 4.74 Å². The molecule has 0 saturated carbocycles. The number of rotatable bonds is 6. The van der Waals surface area contributed by atoms with E-state index in [1.807, 2.05) is 30.3 Å². The molecule has 1 aromatic heterocycles. The summed E-state index contributed by atoms with van der Waals surface area (Å²) in [5, 5.41) is 4.24. The quantitative estimate of drug-likeness (QED) is 0.631. The van der Waals surface area contributed by atoms with Crippen molar-refractivity contribution in [1.29, 1.82) is 0 Å². The highest BCUT2D eigenvalue weighted by Crippen LogP contribution is 2.08. The molecule has 0 atom stereocenters. The third-order valence-corrected chi connectivity index (χ3v) is 2.59. The Kier molecular flexibility index (Phi) is 4.44. The molecule has 0 spiro atoms. The third-order valence-electron chi connectivity index (χ3n) is 2.28. The van der Waals surface area contributed by atoms with Crippen LogP contribution in [0.3, 0.4) is 0 Å².